The smallest absolute Gasteiger partial charge is 0.151 e. The highest BCUT2D eigenvalue weighted by Crippen LogP contribution is 2.25. The molecule has 0 unspecified atom stereocenters. The molecule has 1 N–H and O–H groups in total. The lowest BCUT2D eigenvalue weighted by atomic mass is 10.1. The maximum atomic E-state index is 4.46. The van der Waals surface area contributed by atoms with Gasteiger partial charge < -0.3 is 10.2 Å². The lowest BCUT2D eigenvalue weighted by Crippen LogP contribution is -2.14. The van der Waals surface area contributed by atoms with Crippen molar-refractivity contribution >= 4 is 11.5 Å². The predicted molar refractivity (Wildman–Crippen MR) is 78.8 cm³/mol. The standard InChI is InChI=1S/C15H20N4/c1-11-5-6-14(12(2)7-11)19(4)15-10-17-13(8-16-3)9-18-15/h5-7,9-10,16H,8H2,1-4H3. The van der Waals surface area contributed by atoms with E-state index in [0.717, 1.165) is 23.7 Å². The van der Waals surface area contributed by atoms with Crippen LogP contribution in [-0.4, -0.2) is 24.1 Å². The Labute approximate surface area is 114 Å². The van der Waals surface area contributed by atoms with E-state index in [1.807, 2.05) is 26.5 Å². The molecule has 0 fully saturated rings. The van der Waals surface area contributed by atoms with Crippen LogP contribution in [0, 0.1) is 13.8 Å². The van der Waals surface area contributed by atoms with E-state index in [2.05, 4.69) is 52.2 Å². The van der Waals surface area contributed by atoms with Gasteiger partial charge in [0.05, 0.1) is 18.1 Å². The van der Waals surface area contributed by atoms with Crippen molar-refractivity contribution in [2.75, 3.05) is 19.0 Å². The molecule has 4 heteroatoms. The van der Waals surface area contributed by atoms with Crippen LogP contribution in [-0.2, 0) is 6.54 Å². The minimum absolute atomic E-state index is 0.737. The molecule has 100 valence electrons. The molecular formula is C15H20N4. The van der Waals surface area contributed by atoms with E-state index in [1.54, 1.807) is 0 Å². The third-order valence-electron chi connectivity index (χ3n) is 3.11. The molecule has 0 radical (unpaired) electrons. The van der Waals surface area contributed by atoms with E-state index in [4.69, 9.17) is 0 Å². The SMILES string of the molecule is CNCc1cnc(N(C)c2ccc(C)cc2C)cn1. The zero-order valence-corrected chi connectivity index (χ0v) is 11.9. The molecule has 2 rings (SSSR count). The summed E-state index contributed by atoms with van der Waals surface area (Å²) in [4.78, 5) is 10.9. The van der Waals surface area contributed by atoms with Crippen LogP contribution in [0.4, 0.5) is 11.5 Å². The van der Waals surface area contributed by atoms with E-state index >= 15 is 0 Å². The van der Waals surface area contributed by atoms with Gasteiger partial charge in [0.2, 0.25) is 0 Å². The normalized spacial score (nSPS) is 10.5. The van der Waals surface area contributed by atoms with Crippen LogP contribution < -0.4 is 10.2 Å². The third kappa shape index (κ3) is 3.09. The summed E-state index contributed by atoms with van der Waals surface area (Å²) in [6, 6.07) is 6.41. The number of nitrogens with zero attached hydrogens (tertiary/aromatic N) is 3. The zero-order valence-electron chi connectivity index (χ0n) is 11.9. The average Bonchev–Trinajstić information content (AvgIpc) is 2.39. The molecule has 0 saturated carbocycles. The monoisotopic (exact) mass is 256 g/mol. The van der Waals surface area contributed by atoms with Crippen molar-refractivity contribution in [3.8, 4) is 0 Å². The molecule has 0 amide bonds. The second-order valence-electron chi connectivity index (χ2n) is 4.75. The molecule has 2 aromatic rings. The van der Waals surface area contributed by atoms with Crippen LogP contribution in [0.25, 0.3) is 0 Å². The molecule has 0 aliphatic rings. The van der Waals surface area contributed by atoms with Gasteiger partial charge in [-0.25, -0.2) is 4.98 Å². The summed E-state index contributed by atoms with van der Waals surface area (Å²) in [5.41, 5.74) is 4.61. The number of hydrogen-bond acceptors (Lipinski definition) is 4. The number of anilines is 2. The zero-order chi connectivity index (χ0) is 13.8. The highest BCUT2D eigenvalue weighted by atomic mass is 15.2. The Morgan fingerprint density at radius 3 is 2.53 bits per heavy atom. The van der Waals surface area contributed by atoms with Crippen LogP contribution in [0.15, 0.2) is 30.6 Å². The fraction of sp³-hybridized carbons (Fsp3) is 0.333. The van der Waals surface area contributed by atoms with Crippen LogP contribution >= 0.6 is 0 Å². The number of nitrogens with one attached hydrogen (secondary N) is 1. The first-order valence-corrected chi connectivity index (χ1v) is 6.38. The summed E-state index contributed by atoms with van der Waals surface area (Å²) in [6.07, 6.45) is 3.62. The molecule has 0 aliphatic heterocycles. The van der Waals surface area contributed by atoms with Crippen molar-refractivity contribution in [2.24, 2.45) is 0 Å². The van der Waals surface area contributed by atoms with Gasteiger partial charge >= 0.3 is 0 Å². The first kappa shape index (κ1) is 13.5. The van der Waals surface area contributed by atoms with Crippen LogP contribution in [0.3, 0.4) is 0 Å². The summed E-state index contributed by atoms with van der Waals surface area (Å²) in [5.74, 6) is 0.854. The van der Waals surface area contributed by atoms with Crippen molar-refractivity contribution < 1.29 is 0 Å². The molecule has 0 aliphatic carbocycles. The fourth-order valence-electron chi connectivity index (χ4n) is 2.10. The van der Waals surface area contributed by atoms with E-state index < -0.39 is 0 Å². The van der Waals surface area contributed by atoms with Gasteiger partial charge in [-0.2, -0.15) is 0 Å². The summed E-state index contributed by atoms with van der Waals surface area (Å²) in [7, 11) is 3.91. The van der Waals surface area contributed by atoms with E-state index in [1.165, 1.54) is 11.1 Å². The number of rotatable bonds is 4. The largest absolute Gasteiger partial charge is 0.328 e. The third-order valence-corrected chi connectivity index (χ3v) is 3.11. The second-order valence-corrected chi connectivity index (χ2v) is 4.75. The topological polar surface area (TPSA) is 41.1 Å². The van der Waals surface area contributed by atoms with Crippen molar-refractivity contribution in [3.05, 3.63) is 47.4 Å². The predicted octanol–water partition coefficient (Wildman–Crippen LogP) is 2.58. The molecule has 0 atom stereocenters. The van der Waals surface area contributed by atoms with Gasteiger partial charge in [0.15, 0.2) is 5.82 Å². The van der Waals surface area contributed by atoms with Crippen molar-refractivity contribution in [1.29, 1.82) is 0 Å². The molecule has 0 saturated heterocycles. The van der Waals surface area contributed by atoms with E-state index in [0.29, 0.717) is 0 Å². The molecule has 1 aromatic carbocycles. The Morgan fingerprint density at radius 2 is 1.95 bits per heavy atom. The van der Waals surface area contributed by atoms with E-state index in [-0.39, 0.29) is 0 Å². The van der Waals surface area contributed by atoms with Gasteiger partial charge in [-0.3, -0.25) is 4.98 Å². The second kappa shape index (κ2) is 5.80. The summed E-state index contributed by atoms with van der Waals surface area (Å²) in [6.45, 7) is 4.95. The highest BCUT2D eigenvalue weighted by molar-refractivity contribution is 5.62. The quantitative estimate of drug-likeness (QED) is 0.913. The molecular weight excluding hydrogens is 236 g/mol. The molecule has 1 heterocycles. The maximum Gasteiger partial charge on any atom is 0.151 e. The Balaban J connectivity index is 2.25. The van der Waals surface area contributed by atoms with Crippen molar-refractivity contribution in [2.45, 2.75) is 20.4 Å². The number of benzene rings is 1. The maximum absolute atomic E-state index is 4.46. The minimum atomic E-state index is 0.737. The van der Waals surface area contributed by atoms with Gasteiger partial charge in [-0.15, -0.1) is 0 Å². The first-order valence-electron chi connectivity index (χ1n) is 6.38. The van der Waals surface area contributed by atoms with Crippen LogP contribution in [0.2, 0.25) is 0 Å². The van der Waals surface area contributed by atoms with Gasteiger partial charge in [0.1, 0.15) is 0 Å². The van der Waals surface area contributed by atoms with Crippen molar-refractivity contribution in [1.82, 2.24) is 15.3 Å². The lowest BCUT2D eigenvalue weighted by molar-refractivity contribution is 0.783. The van der Waals surface area contributed by atoms with Gasteiger partial charge in [0, 0.05) is 19.3 Å². The fourth-order valence-corrected chi connectivity index (χ4v) is 2.10. The minimum Gasteiger partial charge on any atom is -0.328 e. The molecule has 4 nitrogen and oxygen atoms in total. The van der Waals surface area contributed by atoms with E-state index in [9.17, 15) is 0 Å². The summed E-state index contributed by atoms with van der Waals surface area (Å²) < 4.78 is 0. The van der Waals surface area contributed by atoms with Gasteiger partial charge in [-0.05, 0) is 32.5 Å². The van der Waals surface area contributed by atoms with Gasteiger partial charge in [-0.1, -0.05) is 17.7 Å². The first-order chi connectivity index (χ1) is 9.11. The number of aryl methyl sites for hydroxylation is 2. The lowest BCUT2D eigenvalue weighted by Gasteiger charge is -2.20. The molecule has 1 aromatic heterocycles. The van der Waals surface area contributed by atoms with Crippen molar-refractivity contribution in [3.63, 3.8) is 0 Å². The number of aromatic nitrogens is 2. The molecule has 0 bridgehead atoms. The average molecular weight is 256 g/mol. The number of hydrogen-bond donors (Lipinski definition) is 1. The van der Waals surface area contributed by atoms with Crippen LogP contribution in [0.1, 0.15) is 16.8 Å². The Kier molecular flexibility index (Phi) is 4.12. The highest BCUT2D eigenvalue weighted by Gasteiger charge is 2.08. The Hall–Kier alpha value is -1.94. The Morgan fingerprint density at radius 1 is 1.16 bits per heavy atom. The summed E-state index contributed by atoms with van der Waals surface area (Å²) in [5, 5.41) is 3.06. The molecule has 0 spiro atoms. The molecule has 19 heavy (non-hydrogen) atoms. The van der Waals surface area contributed by atoms with Crippen LogP contribution in [0.5, 0.6) is 0 Å². The van der Waals surface area contributed by atoms with Gasteiger partial charge in [0.25, 0.3) is 0 Å². The Bertz CT molecular complexity index is 549. The summed E-state index contributed by atoms with van der Waals surface area (Å²) >= 11 is 0.